The van der Waals surface area contributed by atoms with Crippen LogP contribution < -0.4 is 0 Å². The summed E-state index contributed by atoms with van der Waals surface area (Å²) in [6.45, 7) is 5.16. The molecule has 2 aromatic carbocycles. The molecule has 22 heavy (non-hydrogen) atoms. The molecule has 1 atom stereocenters. The zero-order valence-corrected chi connectivity index (χ0v) is 13.2. The fraction of sp³-hybridized carbons (Fsp3) is 0.316. The molecule has 1 aromatic heterocycles. The number of hydrogen-bond donors (Lipinski definition) is 1. The van der Waals surface area contributed by atoms with Crippen LogP contribution in [0.25, 0.3) is 11.0 Å². The normalized spacial score (nSPS) is 12.7. The number of aliphatic hydroxyl groups excluding tert-OH is 1. The molecule has 1 N–H and O–H groups in total. The summed E-state index contributed by atoms with van der Waals surface area (Å²) in [6, 6.07) is 16.8. The minimum Gasteiger partial charge on any atom is -0.388 e. The van der Waals surface area contributed by atoms with Gasteiger partial charge in [0.25, 0.3) is 0 Å². The maximum atomic E-state index is 9.56. The van der Waals surface area contributed by atoms with Crippen molar-refractivity contribution in [2.45, 2.75) is 39.3 Å². The number of aromatic nitrogens is 2. The second kappa shape index (κ2) is 6.32. The highest BCUT2D eigenvalue weighted by atomic mass is 16.3. The molecule has 0 saturated carbocycles. The summed E-state index contributed by atoms with van der Waals surface area (Å²) < 4.78 is 2.09. The van der Waals surface area contributed by atoms with Gasteiger partial charge in [0.05, 0.1) is 11.0 Å². The van der Waals surface area contributed by atoms with E-state index in [2.05, 4.69) is 53.7 Å². The average molecular weight is 294 g/mol. The maximum absolute atomic E-state index is 9.56. The minimum atomic E-state index is -0.0420. The van der Waals surface area contributed by atoms with Crippen molar-refractivity contribution in [3.8, 4) is 0 Å². The lowest BCUT2D eigenvalue weighted by atomic mass is 9.98. The quantitative estimate of drug-likeness (QED) is 0.769. The molecule has 0 amide bonds. The largest absolute Gasteiger partial charge is 0.388 e. The molecule has 3 nitrogen and oxygen atoms in total. The van der Waals surface area contributed by atoms with E-state index in [0.717, 1.165) is 24.0 Å². The van der Waals surface area contributed by atoms with Crippen molar-refractivity contribution >= 4 is 11.0 Å². The molecule has 0 radical (unpaired) electrons. The number of imidazole rings is 1. The molecular formula is C19H22N2O. The van der Waals surface area contributed by atoms with E-state index < -0.39 is 0 Å². The molecule has 0 saturated heterocycles. The summed E-state index contributed by atoms with van der Waals surface area (Å²) >= 11 is 0. The monoisotopic (exact) mass is 294 g/mol. The van der Waals surface area contributed by atoms with Gasteiger partial charge in [-0.2, -0.15) is 0 Å². The van der Waals surface area contributed by atoms with Gasteiger partial charge in [0.1, 0.15) is 12.4 Å². The molecule has 0 aliphatic carbocycles. The lowest BCUT2D eigenvalue weighted by Crippen LogP contribution is -2.05. The Morgan fingerprint density at radius 3 is 2.50 bits per heavy atom. The van der Waals surface area contributed by atoms with Crippen LogP contribution in [-0.4, -0.2) is 14.7 Å². The highest BCUT2D eigenvalue weighted by Crippen LogP contribution is 2.21. The van der Waals surface area contributed by atoms with E-state index >= 15 is 0 Å². The van der Waals surface area contributed by atoms with Crippen LogP contribution in [0, 0.1) is 0 Å². The molecule has 114 valence electrons. The number of para-hydroxylation sites is 2. The first-order valence-electron chi connectivity index (χ1n) is 7.86. The molecule has 0 bridgehead atoms. The number of nitrogens with zero attached hydrogens (tertiary/aromatic N) is 2. The van der Waals surface area contributed by atoms with Crippen molar-refractivity contribution in [3.05, 3.63) is 65.5 Å². The second-order valence-corrected chi connectivity index (χ2v) is 5.81. The van der Waals surface area contributed by atoms with E-state index in [1.807, 2.05) is 18.2 Å². The van der Waals surface area contributed by atoms with Crippen LogP contribution >= 0.6 is 0 Å². The third kappa shape index (κ3) is 2.77. The summed E-state index contributed by atoms with van der Waals surface area (Å²) in [5, 5.41) is 9.56. The number of rotatable bonds is 5. The van der Waals surface area contributed by atoms with Crippen molar-refractivity contribution in [3.63, 3.8) is 0 Å². The number of benzene rings is 2. The molecule has 0 aliphatic heterocycles. The molecule has 3 rings (SSSR count). The Labute approximate surface area is 131 Å². The van der Waals surface area contributed by atoms with Crippen molar-refractivity contribution in [1.29, 1.82) is 0 Å². The Hall–Kier alpha value is -2.13. The van der Waals surface area contributed by atoms with E-state index in [1.54, 1.807) is 0 Å². The first-order chi connectivity index (χ1) is 10.7. The van der Waals surface area contributed by atoms with Gasteiger partial charge in [-0.1, -0.05) is 50.2 Å². The number of hydrogen-bond acceptors (Lipinski definition) is 2. The standard InChI is InChI=1S/C19H22N2O/c1-3-14(2)16-10-8-15(9-11-16)12-21-18-7-5-4-6-17(18)20-19(21)13-22/h4-11,14,22H,3,12-13H2,1-2H3/t14-/m0/s1. The van der Waals surface area contributed by atoms with Crippen molar-refractivity contribution in [2.75, 3.05) is 0 Å². The number of fused-ring (bicyclic) bond motifs is 1. The van der Waals surface area contributed by atoms with Crippen LogP contribution in [0.3, 0.4) is 0 Å². The summed E-state index contributed by atoms with van der Waals surface area (Å²) in [5.74, 6) is 1.31. The van der Waals surface area contributed by atoms with Gasteiger partial charge in [-0.05, 0) is 35.6 Å². The first-order valence-corrected chi connectivity index (χ1v) is 7.86. The fourth-order valence-electron chi connectivity index (χ4n) is 2.79. The van der Waals surface area contributed by atoms with E-state index in [9.17, 15) is 5.11 Å². The molecule has 3 heteroatoms. The summed E-state index contributed by atoms with van der Waals surface area (Å²) in [6.07, 6.45) is 1.15. The van der Waals surface area contributed by atoms with Gasteiger partial charge in [0, 0.05) is 6.54 Å². The maximum Gasteiger partial charge on any atom is 0.136 e. The predicted octanol–water partition coefficient (Wildman–Crippen LogP) is 4.09. The second-order valence-electron chi connectivity index (χ2n) is 5.81. The van der Waals surface area contributed by atoms with Gasteiger partial charge >= 0.3 is 0 Å². The Morgan fingerprint density at radius 1 is 1.09 bits per heavy atom. The van der Waals surface area contributed by atoms with Gasteiger partial charge in [-0.15, -0.1) is 0 Å². The SMILES string of the molecule is CC[C@H](C)c1ccc(Cn2c(CO)nc3ccccc32)cc1. The smallest absolute Gasteiger partial charge is 0.136 e. The third-order valence-corrected chi connectivity index (χ3v) is 4.38. The highest BCUT2D eigenvalue weighted by Gasteiger charge is 2.10. The van der Waals surface area contributed by atoms with Crippen LogP contribution in [0.1, 0.15) is 43.1 Å². The van der Waals surface area contributed by atoms with Crippen LogP contribution in [-0.2, 0) is 13.2 Å². The van der Waals surface area contributed by atoms with Crippen molar-refractivity contribution < 1.29 is 5.11 Å². The Balaban J connectivity index is 1.92. The Morgan fingerprint density at radius 2 is 1.82 bits per heavy atom. The van der Waals surface area contributed by atoms with Gasteiger partial charge in [0.15, 0.2) is 0 Å². The Bertz CT molecular complexity index is 759. The van der Waals surface area contributed by atoms with E-state index in [1.165, 1.54) is 11.1 Å². The predicted molar refractivity (Wildman–Crippen MR) is 89.9 cm³/mol. The van der Waals surface area contributed by atoms with E-state index in [-0.39, 0.29) is 6.61 Å². The summed E-state index contributed by atoms with van der Waals surface area (Å²) in [5.41, 5.74) is 4.61. The summed E-state index contributed by atoms with van der Waals surface area (Å²) in [4.78, 5) is 4.50. The summed E-state index contributed by atoms with van der Waals surface area (Å²) in [7, 11) is 0. The molecule has 0 aliphatic rings. The lowest BCUT2D eigenvalue weighted by molar-refractivity contribution is 0.267. The lowest BCUT2D eigenvalue weighted by Gasteiger charge is -2.11. The van der Waals surface area contributed by atoms with Crippen LogP contribution in [0.15, 0.2) is 48.5 Å². The van der Waals surface area contributed by atoms with Crippen LogP contribution in [0.4, 0.5) is 0 Å². The molecule has 3 aromatic rings. The molecule has 0 unspecified atom stereocenters. The zero-order chi connectivity index (χ0) is 15.5. The van der Waals surface area contributed by atoms with E-state index in [4.69, 9.17) is 0 Å². The zero-order valence-electron chi connectivity index (χ0n) is 13.2. The topological polar surface area (TPSA) is 38.0 Å². The minimum absolute atomic E-state index is 0.0420. The average Bonchev–Trinajstić information content (AvgIpc) is 2.93. The molecule has 1 heterocycles. The number of aliphatic hydroxyl groups is 1. The first kappa shape index (κ1) is 14.8. The highest BCUT2D eigenvalue weighted by molar-refractivity contribution is 5.76. The molecular weight excluding hydrogens is 272 g/mol. The van der Waals surface area contributed by atoms with Gasteiger partial charge in [-0.3, -0.25) is 0 Å². The Kier molecular flexibility index (Phi) is 4.25. The molecule has 0 fully saturated rings. The van der Waals surface area contributed by atoms with Crippen LogP contribution in [0.5, 0.6) is 0 Å². The van der Waals surface area contributed by atoms with Gasteiger partial charge < -0.3 is 9.67 Å². The fourth-order valence-corrected chi connectivity index (χ4v) is 2.79. The molecule has 0 spiro atoms. The van der Waals surface area contributed by atoms with Gasteiger partial charge in [0.2, 0.25) is 0 Å². The van der Waals surface area contributed by atoms with Crippen LogP contribution in [0.2, 0.25) is 0 Å². The van der Waals surface area contributed by atoms with E-state index in [0.29, 0.717) is 11.7 Å². The third-order valence-electron chi connectivity index (χ3n) is 4.38. The van der Waals surface area contributed by atoms with Crippen molar-refractivity contribution in [2.24, 2.45) is 0 Å². The van der Waals surface area contributed by atoms with Gasteiger partial charge in [-0.25, -0.2) is 4.98 Å². The van der Waals surface area contributed by atoms with Crippen molar-refractivity contribution in [1.82, 2.24) is 9.55 Å².